The number of amides is 2. The average molecular weight is 399 g/mol. The molecule has 0 bridgehead atoms. The summed E-state index contributed by atoms with van der Waals surface area (Å²) in [5, 5.41) is 10.7. The summed E-state index contributed by atoms with van der Waals surface area (Å²) < 4.78 is 10.6. The zero-order chi connectivity index (χ0) is 20.5. The van der Waals surface area contributed by atoms with Gasteiger partial charge in [-0.1, -0.05) is 30.3 Å². The van der Waals surface area contributed by atoms with Crippen LogP contribution in [0.1, 0.15) is 42.0 Å². The molecule has 2 fully saturated rings. The van der Waals surface area contributed by atoms with Crippen LogP contribution in [-0.4, -0.2) is 51.9 Å². The number of piperidine rings is 1. The van der Waals surface area contributed by atoms with E-state index in [0.29, 0.717) is 25.9 Å². The van der Waals surface area contributed by atoms with E-state index >= 15 is 0 Å². The predicted octanol–water partition coefficient (Wildman–Crippen LogP) is 3.37. The first kappa shape index (κ1) is 19.0. The number of hydrogen-bond donors (Lipinski definition) is 0. The number of furan rings is 1. The molecule has 1 aromatic heterocycles. The Labute approximate surface area is 167 Å². The molecule has 0 N–H and O–H groups in total. The fourth-order valence-corrected chi connectivity index (χ4v) is 4.09. The van der Waals surface area contributed by atoms with Crippen LogP contribution in [0.15, 0.2) is 46.9 Å². The molecule has 2 amide bonds. The Morgan fingerprint density at radius 3 is 2.45 bits per heavy atom. The van der Waals surface area contributed by atoms with E-state index in [4.69, 9.17) is 9.15 Å². The standard InChI is InChI=1S/C20H21N3O6/c1-13-18(14-5-3-2-4-6-14)29-20(25)22(13)15-9-11-21(12-10-15)19(24)16-7-8-17(28-16)23(26)27/h2-8,13,15,18H,9-12H2,1H3. The number of nitro groups is 1. The molecule has 4 rings (SSSR count). The van der Waals surface area contributed by atoms with Crippen LogP contribution in [0, 0.1) is 10.1 Å². The van der Waals surface area contributed by atoms with E-state index in [1.807, 2.05) is 37.3 Å². The zero-order valence-corrected chi connectivity index (χ0v) is 15.9. The van der Waals surface area contributed by atoms with Gasteiger partial charge in [-0.3, -0.25) is 19.8 Å². The molecular weight excluding hydrogens is 378 g/mol. The molecule has 2 unspecified atom stereocenters. The second-order valence-electron chi connectivity index (χ2n) is 7.28. The van der Waals surface area contributed by atoms with Crippen molar-refractivity contribution in [3.05, 3.63) is 63.9 Å². The van der Waals surface area contributed by atoms with Gasteiger partial charge >= 0.3 is 12.0 Å². The van der Waals surface area contributed by atoms with Crippen LogP contribution < -0.4 is 0 Å². The minimum Gasteiger partial charge on any atom is -0.439 e. The quantitative estimate of drug-likeness (QED) is 0.576. The van der Waals surface area contributed by atoms with Gasteiger partial charge in [-0.15, -0.1) is 0 Å². The Balaban J connectivity index is 1.39. The third-order valence-electron chi connectivity index (χ3n) is 5.57. The summed E-state index contributed by atoms with van der Waals surface area (Å²) in [4.78, 5) is 38.5. The van der Waals surface area contributed by atoms with Crippen molar-refractivity contribution in [2.75, 3.05) is 13.1 Å². The molecule has 0 spiro atoms. The Hall–Kier alpha value is -3.36. The largest absolute Gasteiger partial charge is 0.439 e. The summed E-state index contributed by atoms with van der Waals surface area (Å²) in [5.74, 6) is -0.882. The highest BCUT2D eigenvalue weighted by Crippen LogP contribution is 2.36. The Morgan fingerprint density at radius 2 is 1.83 bits per heavy atom. The lowest BCUT2D eigenvalue weighted by atomic mass is 9.98. The highest BCUT2D eigenvalue weighted by molar-refractivity contribution is 5.91. The smallest absolute Gasteiger partial charge is 0.433 e. The lowest BCUT2D eigenvalue weighted by molar-refractivity contribution is -0.402. The number of hydrogen-bond acceptors (Lipinski definition) is 6. The number of likely N-dealkylation sites (tertiary alicyclic amines) is 1. The lowest BCUT2D eigenvalue weighted by Gasteiger charge is -2.37. The number of carbonyl (C=O) groups is 2. The number of carbonyl (C=O) groups excluding carboxylic acids is 2. The highest BCUT2D eigenvalue weighted by atomic mass is 16.6. The van der Waals surface area contributed by atoms with E-state index in [0.717, 1.165) is 5.56 Å². The van der Waals surface area contributed by atoms with Crippen molar-refractivity contribution in [3.8, 4) is 0 Å². The van der Waals surface area contributed by atoms with Gasteiger partial charge in [-0.05, 0) is 31.4 Å². The van der Waals surface area contributed by atoms with Gasteiger partial charge in [0, 0.05) is 19.1 Å². The fraction of sp³-hybridized carbons (Fsp3) is 0.400. The molecular formula is C20H21N3O6. The van der Waals surface area contributed by atoms with Gasteiger partial charge in [0.05, 0.1) is 12.1 Å². The van der Waals surface area contributed by atoms with Gasteiger partial charge in [0.15, 0.2) is 5.76 Å². The predicted molar refractivity (Wildman–Crippen MR) is 101 cm³/mol. The van der Waals surface area contributed by atoms with Crippen LogP contribution in [0.2, 0.25) is 0 Å². The molecule has 0 aliphatic carbocycles. The van der Waals surface area contributed by atoms with E-state index in [1.54, 1.807) is 9.80 Å². The summed E-state index contributed by atoms with van der Waals surface area (Å²) in [6.45, 7) is 2.84. The van der Waals surface area contributed by atoms with Gasteiger partial charge in [0.25, 0.3) is 5.91 Å². The van der Waals surface area contributed by atoms with Crippen molar-refractivity contribution in [1.29, 1.82) is 0 Å². The second kappa shape index (κ2) is 7.57. The van der Waals surface area contributed by atoms with Crippen LogP contribution in [0.5, 0.6) is 0 Å². The summed E-state index contributed by atoms with van der Waals surface area (Å²) in [5.41, 5.74) is 0.961. The zero-order valence-electron chi connectivity index (χ0n) is 15.9. The highest BCUT2D eigenvalue weighted by Gasteiger charge is 2.44. The first-order valence-corrected chi connectivity index (χ1v) is 9.53. The van der Waals surface area contributed by atoms with E-state index in [9.17, 15) is 19.7 Å². The molecule has 0 radical (unpaired) electrons. The fourth-order valence-electron chi connectivity index (χ4n) is 4.09. The molecule has 2 atom stereocenters. The third kappa shape index (κ3) is 3.55. The summed E-state index contributed by atoms with van der Waals surface area (Å²) in [7, 11) is 0. The second-order valence-corrected chi connectivity index (χ2v) is 7.28. The van der Waals surface area contributed by atoms with Crippen molar-refractivity contribution in [1.82, 2.24) is 9.80 Å². The molecule has 9 heteroatoms. The van der Waals surface area contributed by atoms with Crippen LogP contribution in [-0.2, 0) is 4.74 Å². The maximum absolute atomic E-state index is 12.5. The maximum Gasteiger partial charge on any atom is 0.433 e. The summed E-state index contributed by atoms with van der Waals surface area (Å²) in [6.07, 6.45) is 0.565. The first-order chi connectivity index (χ1) is 14.0. The topological polar surface area (TPSA) is 106 Å². The molecule has 2 aliphatic rings. The van der Waals surface area contributed by atoms with Gasteiger partial charge in [0.1, 0.15) is 11.0 Å². The summed E-state index contributed by atoms with van der Waals surface area (Å²) in [6, 6.07) is 12.0. The van der Waals surface area contributed by atoms with E-state index < -0.39 is 10.8 Å². The van der Waals surface area contributed by atoms with Crippen molar-refractivity contribution < 1.29 is 23.7 Å². The Morgan fingerprint density at radius 1 is 1.14 bits per heavy atom. The number of benzene rings is 1. The molecule has 3 heterocycles. The van der Waals surface area contributed by atoms with Crippen LogP contribution in [0.4, 0.5) is 10.7 Å². The Bertz CT molecular complexity index is 919. The van der Waals surface area contributed by atoms with Gasteiger partial charge in [0.2, 0.25) is 0 Å². The van der Waals surface area contributed by atoms with E-state index in [2.05, 4.69) is 0 Å². The van der Waals surface area contributed by atoms with Gasteiger partial charge in [-0.2, -0.15) is 0 Å². The molecule has 2 saturated heterocycles. The normalized spacial score (nSPS) is 22.6. The third-order valence-corrected chi connectivity index (χ3v) is 5.57. The molecule has 29 heavy (non-hydrogen) atoms. The number of rotatable bonds is 4. The van der Waals surface area contributed by atoms with Gasteiger partial charge < -0.3 is 14.1 Å². The minimum atomic E-state index is -0.674. The van der Waals surface area contributed by atoms with Crippen molar-refractivity contribution in [3.63, 3.8) is 0 Å². The van der Waals surface area contributed by atoms with Crippen LogP contribution in [0.25, 0.3) is 0 Å². The number of nitrogens with zero attached hydrogens (tertiary/aromatic N) is 3. The van der Waals surface area contributed by atoms with Crippen LogP contribution >= 0.6 is 0 Å². The van der Waals surface area contributed by atoms with Gasteiger partial charge in [-0.25, -0.2) is 4.79 Å². The molecule has 2 aliphatic heterocycles. The van der Waals surface area contributed by atoms with Crippen molar-refractivity contribution >= 4 is 17.9 Å². The van der Waals surface area contributed by atoms with E-state index in [1.165, 1.54) is 12.1 Å². The lowest BCUT2D eigenvalue weighted by Crippen LogP contribution is -2.49. The Kier molecular flexibility index (Phi) is 4.96. The number of ether oxygens (including phenoxy) is 1. The minimum absolute atomic E-state index is 0.0267. The number of cyclic esters (lactones) is 1. The van der Waals surface area contributed by atoms with Crippen LogP contribution in [0.3, 0.4) is 0 Å². The van der Waals surface area contributed by atoms with Crippen molar-refractivity contribution in [2.45, 2.75) is 38.0 Å². The molecule has 2 aromatic rings. The molecule has 152 valence electrons. The molecule has 0 saturated carbocycles. The molecule has 1 aromatic carbocycles. The SMILES string of the molecule is CC1C(c2ccccc2)OC(=O)N1C1CCN(C(=O)c2ccc([N+](=O)[O-])o2)CC1. The van der Waals surface area contributed by atoms with Crippen molar-refractivity contribution in [2.24, 2.45) is 0 Å². The van der Waals surface area contributed by atoms with E-state index in [-0.39, 0.29) is 35.9 Å². The summed E-state index contributed by atoms with van der Waals surface area (Å²) >= 11 is 0. The first-order valence-electron chi connectivity index (χ1n) is 9.53. The molecule has 9 nitrogen and oxygen atoms in total. The monoisotopic (exact) mass is 399 g/mol. The maximum atomic E-state index is 12.5. The average Bonchev–Trinajstić information content (AvgIpc) is 3.33.